The Morgan fingerprint density at radius 2 is 2.00 bits per heavy atom. The van der Waals surface area contributed by atoms with Gasteiger partial charge < -0.3 is 11.1 Å². The highest BCUT2D eigenvalue weighted by atomic mass is 16.1. The van der Waals surface area contributed by atoms with Gasteiger partial charge in [0.15, 0.2) is 0 Å². The number of nitrogens with one attached hydrogen (secondary N) is 1. The molecule has 0 bridgehead atoms. The first-order chi connectivity index (χ1) is 10.3. The molecule has 2 atom stereocenters. The summed E-state index contributed by atoms with van der Waals surface area (Å²) in [4.78, 5) is 12.5. The van der Waals surface area contributed by atoms with Crippen molar-refractivity contribution in [3.8, 4) is 0 Å². The van der Waals surface area contributed by atoms with Crippen molar-refractivity contribution in [1.29, 1.82) is 0 Å². The highest BCUT2D eigenvalue weighted by molar-refractivity contribution is 5.80. The molecule has 3 N–H and O–H groups in total. The molecule has 1 saturated carbocycles. The van der Waals surface area contributed by atoms with Gasteiger partial charge in [0.1, 0.15) is 0 Å². The van der Waals surface area contributed by atoms with Crippen LogP contribution in [0.5, 0.6) is 0 Å². The fraction of sp³-hybridized carbons (Fsp3) is 0.632. The number of nitrogens with two attached hydrogens (primary N) is 1. The van der Waals surface area contributed by atoms with E-state index >= 15 is 0 Å². The first-order valence-electron chi connectivity index (χ1n) is 8.41. The van der Waals surface area contributed by atoms with Gasteiger partial charge in [-0.3, -0.25) is 4.79 Å². The smallest absolute Gasteiger partial charge is 0.224 e. The van der Waals surface area contributed by atoms with Crippen LogP contribution in [0.15, 0.2) is 30.3 Å². The zero-order valence-electron chi connectivity index (χ0n) is 14.2. The van der Waals surface area contributed by atoms with Crippen LogP contribution in [0.1, 0.15) is 52.0 Å². The molecule has 2 unspecified atom stereocenters. The minimum absolute atomic E-state index is 0.0384. The van der Waals surface area contributed by atoms with Gasteiger partial charge in [-0.25, -0.2) is 0 Å². The highest BCUT2D eigenvalue weighted by Gasteiger charge is 2.38. The third-order valence-corrected chi connectivity index (χ3v) is 4.84. The van der Waals surface area contributed by atoms with Crippen LogP contribution in [0.4, 0.5) is 0 Å². The van der Waals surface area contributed by atoms with Gasteiger partial charge in [0.25, 0.3) is 0 Å². The average Bonchev–Trinajstić information content (AvgIpc) is 2.45. The predicted molar refractivity (Wildman–Crippen MR) is 91.5 cm³/mol. The minimum Gasteiger partial charge on any atom is -0.355 e. The van der Waals surface area contributed by atoms with Crippen LogP contribution in [-0.2, 0) is 11.2 Å². The maximum Gasteiger partial charge on any atom is 0.224 e. The van der Waals surface area contributed by atoms with Crippen molar-refractivity contribution in [1.82, 2.24) is 5.32 Å². The molecule has 1 aliphatic carbocycles. The fourth-order valence-corrected chi connectivity index (χ4v) is 3.45. The number of carbonyl (C=O) groups excluding carboxylic acids is 1. The molecule has 1 fully saturated rings. The van der Waals surface area contributed by atoms with Crippen LogP contribution in [-0.4, -0.2) is 18.0 Å². The minimum atomic E-state index is -0.355. The number of hydrogen-bond donors (Lipinski definition) is 2. The molecule has 2 rings (SSSR count). The molecular weight excluding hydrogens is 272 g/mol. The van der Waals surface area contributed by atoms with Gasteiger partial charge in [-0.05, 0) is 37.2 Å². The van der Waals surface area contributed by atoms with E-state index < -0.39 is 0 Å². The fourth-order valence-electron chi connectivity index (χ4n) is 3.45. The van der Waals surface area contributed by atoms with Gasteiger partial charge in [0.2, 0.25) is 5.91 Å². The van der Waals surface area contributed by atoms with Crippen molar-refractivity contribution >= 4 is 5.91 Å². The second-order valence-electron chi connectivity index (χ2n) is 7.85. The summed E-state index contributed by atoms with van der Waals surface area (Å²) in [6.07, 6.45) is 5.06. The van der Waals surface area contributed by atoms with Crippen molar-refractivity contribution in [2.24, 2.45) is 17.1 Å². The van der Waals surface area contributed by atoms with Crippen LogP contribution in [0.2, 0.25) is 0 Å². The largest absolute Gasteiger partial charge is 0.355 e. The first kappa shape index (κ1) is 17.0. The van der Waals surface area contributed by atoms with Gasteiger partial charge in [0, 0.05) is 12.1 Å². The molecule has 22 heavy (non-hydrogen) atoms. The summed E-state index contributed by atoms with van der Waals surface area (Å²) >= 11 is 0. The Morgan fingerprint density at radius 1 is 1.32 bits per heavy atom. The van der Waals surface area contributed by atoms with Crippen LogP contribution in [0, 0.1) is 11.3 Å². The summed E-state index contributed by atoms with van der Waals surface area (Å²) in [5.41, 5.74) is 7.32. The molecule has 3 heteroatoms. The standard InChI is InChI=1S/C19H30N2O/c1-18(2,13-15-9-5-4-6-10-15)14-21-17(22)16-11-7-8-12-19(16,3)20/h4-6,9-10,16H,7-8,11-14,20H2,1-3H3,(H,21,22). The maximum atomic E-state index is 12.5. The molecule has 122 valence electrons. The molecule has 0 aliphatic heterocycles. The number of hydrogen-bond acceptors (Lipinski definition) is 2. The Kier molecular flexibility index (Phi) is 5.28. The second-order valence-corrected chi connectivity index (χ2v) is 7.85. The van der Waals surface area contributed by atoms with E-state index in [1.54, 1.807) is 0 Å². The van der Waals surface area contributed by atoms with Crippen molar-refractivity contribution < 1.29 is 4.79 Å². The summed E-state index contributed by atoms with van der Waals surface area (Å²) in [5, 5.41) is 3.15. The summed E-state index contributed by atoms with van der Waals surface area (Å²) in [6, 6.07) is 10.4. The van der Waals surface area contributed by atoms with E-state index in [9.17, 15) is 4.79 Å². The van der Waals surface area contributed by atoms with E-state index in [0.29, 0.717) is 6.54 Å². The monoisotopic (exact) mass is 302 g/mol. The summed E-state index contributed by atoms with van der Waals surface area (Å²) in [7, 11) is 0. The number of rotatable bonds is 5. The van der Waals surface area contributed by atoms with Crippen molar-refractivity contribution in [2.45, 2.75) is 58.4 Å². The topological polar surface area (TPSA) is 55.1 Å². The van der Waals surface area contributed by atoms with Crippen LogP contribution in [0.3, 0.4) is 0 Å². The molecule has 1 amide bonds. The number of amides is 1. The lowest BCUT2D eigenvalue weighted by atomic mass is 9.74. The Bertz CT molecular complexity index is 493. The quantitative estimate of drug-likeness (QED) is 0.877. The third kappa shape index (κ3) is 4.57. The van der Waals surface area contributed by atoms with Crippen molar-refractivity contribution in [2.75, 3.05) is 6.54 Å². The zero-order valence-corrected chi connectivity index (χ0v) is 14.2. The van der Waals surface area contributed by atoms with Gasteiger partial charge in [-0.2, -0.15) is 0 Å². The summed E-state index contributed by atoms with van der Waals surface area (Å²) in [5.74, 6) is 0.0830. The van der Waals surface area contributed by atoms with E-state index in [1.165, 1.54) is 5.56 Å². The zero-order chi connectivity index (χ0) is 16.2. The van der Waals surface area contributed by atoms with E-state index in [2.05, 4.69) is 43.4 Å². The average molecular weight is 302 g/mol. The Labute approximate surface area is 134 Å². The number of benzene rings is 1. The lowest BCUT2D eigenvalue weighted by Gasteiger charge is -2.38. The molecule has 1 aromatic rings. The van der Waals surface area contributed by atoms with Crippen molar-refractivity contribution in [3.63, 3.8) is 0 Å². The molecule has 0 radical (unpaired) electrons. The normalized spacial score (nSPS) is 25.7. The molecule has 0 heterocycles. The lowest BCUT2D eigenvalue weighted by molar-refractivity contribution is -0.128. The predicted octanol–water partition coefficient (Wildman–Crippen LogP) is 3.28. The molecule has 1 aromatic carbocycles. The van der Waals surface area contributed by atoms with Crippen LogP contribution >= 0.6 is 0 Å². The van der Waals surface area contributed by atoms with E-state index in [4.69, 9.17) is 5.73 Å². The summed E-state index contributed by atoms with van der Waals surface area (Å²) < 4.78 is 0. The number of carbonyl (C=O) groups is 1. The van der Waals surface area contributed by atoms with Gasteiger partial charge >= 0.3 is 0 Å². The maximum absolute atomic E-state index is 12.5. The lowest BCUT2D eigenvalue weighted by Crippen LogP contribution is -2.53. The van der Waals surface area contributed by atoms with E-state index in [1.807, 2.05) is 13.0 Å². The third-order valence-electron chi connectivity index (χ3n) is 4.84. The van der Waals surface area contributed by atoms with Gasteiger partial charge in [0.05, 0.1) is 5.92 Å². The van der Waals surface area contributed by atoms with E-state index in [0.717, 1.165) is 32.1 Å². The molecule has 0 spiro atoms. The Morgan fingerprint density at radius 3 is 2.64 bits per heavy atom. The van der Waals surface area contributed by atoms with Gasteiger partial charge in [-0.15, -0.1) is 0 Å². The van der Waals surface area contributed by atoms with Crippen LogP contribution in [0.25, 0.3) is 0 Å². The van der Waals surface area contributed by atoms with E-state index in [-0.39, 0.29) is 22.8 Å². The van der Waals surface area contributed by atoms with Crippen molar-refractivity contribution in [3.05, 3.63) is 35.9 Å². The molecule has 0 saturated heterocycles. The first-order valence-corrected chi connectivity index (χ1v) is 8.41. The highest BCUT2D eigenvalue weighted by Crippen LogP contribution is 2.32. The second kappa shape index (κ2) is 6.82. The SMILES string of the molecule is CC(C)(CNC(=O)C1CCCCC1(C)N)Cc1ccccc1. The molecule has 3 nitrogen and oxygen atoms in total. The summed E-state index contributed by atoms with van der Waals surface area (Å²) in [6.45, 7) is 7.10. The molecule has 1 aliphatic rings. The Hall–Kier alpha value is -1.35. The van der Waals surface area contributed by atoms with Crippen LogP contribution < -0.4 is 11.1 Å². The van der Waals surface area contributed by atoms with Gasteiger partial charge in [-0.1, -0.05) is 57.0 Å². The Balaban J connectivity index is 1.89. The molecular formula is C19H30N2O. The molecule has 0 aromatic heterocycles.